The van der Waals surface area contributed by atoms with Gasteiger partial charge in [-0.2, -0.15) is 0 Å². The number of carboxylic acids is 2. The Hall–Kier alpha value is -6.40. The number of nitrogens with one attached hydrogen (secondary N) is 3. The van der Waals surface area contributed by atoms with Crippen molar-refractivity contribution in [3.8, 4) is 5.75 Å². The van der Waals surface area contributed by atoms with Crippen LogP contribution in [-0.4, -0.2) is 110 Å². The first kappa shape index (κ1) is 45.0. The molecule has 4 amide bonds. The first-order chi connectivity index (χ1) is 26.8. The number of phenolic OH excluding ortho intramolecular Hbond substituents is 1. The molecular formula is C38H47N5O14. The van der Waals surface area contributed by atoms with E-state index in [1.165, 1.54) is 11.0 Å². The Labute approximate surface area is 327 Å². The summed E-state index contributed by atoms with van der Waals surface area (Å²) in [7, 11) is 0. The van der Waals surface area contributed by atoms with Crippen LogP contribution in [0.1, 0.15) is 79.4 Å². The van der Waals surface area contributed by atoms with Crippen molar-refractivity contribution in [3.05, 3.63) is 68.8 Å². The lowest BCUT2D eigenvalue weighted by Crippen LogP contribution is -2.59. The molecule has 1 aliphatic heterocycles. The maximum Gasteiger partial charge on any atom is 0.339 e. The van der Waals surface area contributed by atoms with E-state index >= 15 is 0 Å². The summed E-state index contributed by atoms with van der Waals surface area (Å²) in [6.07, 6.45) is -1.32. The number of aryl methyl sites for hydroxylation is 2. The quantitative estimate of drug-likeness (QED) is 0.0632. The fourth-order valence-electron chi connectivity index (χ4n) is 6.33. The van der Waals surface area contributed by atoms with E-state index < -0.39 is 120 Å². The summed E-state index contributed by atoms with van der Waals surface area (Å²) in [6.45, 7) is 5.96. The molecule has 0 radical (unpaired) electrons. The van der Waals surface area contributed by atoms with Gasteiger partial charge < -0.3 is 40.9 Å². The Morgan fingerprint density at radius 3 is 2.18 bits per heavy atom. The number of ketones is 1. The molecule has 57 heavy (non-hydrogen) atoms. The van der Waals surface area contributed by atoms with Gasteiger partial charge in [0.15, 0.2) is 18.1 Å². The maximum absolute atomic E-state index is 13.8. The number of nitrogens with zero attached hydrogens (tertiary/aromatic N) is 2. The Balaban J connectivity index is 1.75. The molecule has 1 aliphatic rings. The number of Topliss-reactive ketones (excluding diaryl/α,β-unsaturated/α-hetero) is 1. The summed E-state index contributed by atoms with van der Waals surface area (Å²) in [4.78, 5) is 115. The van der Waals surface area contributed by atoms with Gasteiger partial charge >= 0.3 is 23.6 Å². The van der Waals surface area contributed by atoms with E-state index in [4.69, 9.17) is 4.74 Å². The number of esters is 1. The fourth-order valence-corrected chi connectivity index (χ4v) is 6.33. The monoisotopic (exact) mass is 797 g/mol. The van der Waals surface area contributed by atoms with E-state index in [0.29, 0.717) is 24.0 Å². The minimum absolute atomic E-state index is 0.189. The van der Waals surface area contributed by atoms with E-state index in [1.54, 1.807) is 45.9 Å². The molecule has 5 atom stereocenters. The molecule has 1 saturated heterocycles. The van der Waals surface area contributed by atoms with Crippen molar-refractivity contribution >= 4 is 53.0 Å². The average molecular weight is 798 g/mol. The van der Waals surface area contributed by atoms with Crippen molar-refractivity contribution in [2.75, 3.05) is 13.2 Å². The number of aromatic hydroxyl groups is 1. The molecule has 0 saturated carbocycles. The van der Waals surface area contributed by atoms with Gasteiger partial charge in [-0.15, -0.1) is 0 Å². The van der Waals surface area contributed by atoms with Gasteiger partial charge in [-0.3, -0.25) is 43.7 Å². The van der Waals surface area contributed by atoms with Crippen LogP contribution in [0, 0.1) is 29.9 Å². The zero-order valence-electron chi connectivity index (χ0n) is 31.9. The van der Waals surface area contributed by atoms with E-state index in [0.717, 1.165) is 12.1 Å². The highest BCUT2D eigenvalue weighted by atomic mass is 16.6. The number of aliphatic carboxylic acids is 2. The van der Waals surface area contributed by atoms with Crippen LogP contribution >= 0.6 is 0 Å². The van der Waals surface area contributed by atoms with E-state index in [-0.39, 0.29) is 30.5 Å². The predicted octanol–water partition coefficient (Wildman–Crippen LogP) is 1.72. The van der Waals surface area contributed by atoms with Crippen LogP contribution < -0.4 is 16.0 Å². The number of nitro groups is 1. The summed E-state index contributed by atoms with van der Waals surface area (Å²) >= 11 is 0. The van der Waals surface area contributed by atoms with E-state index in [9.17, 15) is 63.8 Å². The Morgan fingerprint density at radius 1 is 0.947 bits per heavy atom. The Morgan fingerprint density at radius 2 is 1.60 bits per heavy atom. The molecule has 3 unspecified atom stereocenters. The molecule has 1 fully saturated rings. The number of amides is 4. The number of ether oxygens (including phenoxy) is 1. The molecule has 2 aromatic rings. The van der Waals surface area contributed by atoms with Crippen LogP contribution in [0.15, 0.2) is 36.4 Å². The first-order valence-electron chi connectivity index (χ1n) is 18.2. The van der Waals surface area contributed by atoms with Crippen LogP contribution in [0.2, 0.25) is 0 Å². The van der Waals surface area contributed by atoms with Crippen molar-refractivity contribution < 1.29 is 63.3 Å². The number of hydrogen-bond acceptors (Lipinski definition) is 12. The number of phenols is 1. The van der Waals surface area contributed by atoms with Gasteiger partial charge in [0.25, 0.3) is 0 Å². The largest absolute Gasteiger partial charge is 0.502 e. The summed E-state index contributed by atoms with van der Waals surface area (Å²) in [6, 6.07) is 2.82. The van der Waals surface area contributed by atoms with Crippen LogP contribution in [0.5, 0.6) is 5.75 Å². The summed E-state index contributed by atoms with van der Waals surface area (Å²) < 4.78 is 5.14. The minimum atomic E-state index is -1.74. The lowest BCUT2D eigenvalue weighted by molar-refractivity contribution is -0.385. The smallest absolute Gasteiger partial charge is 0.339 e. The second-order valence-electron chi connectivity index (χ2n) is 13.8. The van der Waals surface area contributed by atoms with Crippen molar-refractivity contribution in [2.45, 2.75) is 96.8 Å². The van der Waals surface area contributed by atoms with Gasteiger partial charge in [-0.05, 0) is 61.8 Å². The van der Waals surface area contributed by atoms with Crippen molar-refractivity contribution in [2.24, 2.45) is 5.92 Å². The number of carboxylic acid groups (broad SMARTS) is 2. The number of carbonyl (C=O) groups is 8. The lowest BCUT2D eigenvalue weighted by atomic mass is 9.96. The van der Waals surface area contributed by atoms with Gasteiger partial charge in [0.2, 0.25) is 23.6 Å². The SMILES string of the molecule is CCC(C)[C@H](NC(=O)C1CCCN1C(=O)Cc1ccc([N+](=O)[O-])c(O)c1)C(=O)NC(CCC(=O)O)C(=O)N[C@@H](CC(=O)O)C(=O)COC(=O)c1c(C)cccc1C. The highest BCUT2D eigenvalue weighted by Crippen LogP contribution is 2.27. The standard InChI is InChI=1S/C38H47N5O14/c1-5-20(2)34(41-36(52)27-10-7-15-42(27)30(46)17-23-11-13-26(43(55)56)28(44)16-23)37(53)39-24(12-14-31(47)48)35(51)40-25(18-32(49)50)29(45)19-57-38(54)33-21(3)8-6-9-22(33)4/h6,8-9,11,13,16,20,24-25,27,34,44H,5,7,10,12,14-15,17-19H2,1-4H3,(H,39,53)(H,40,51)(H,41,52)(H,47,48)(H,49,50)/t20?,24?,25-,27?,34-/m0/s1. The molecule has 0 aliphatic carbocycles. The highest BCUT2D eigenvalue weighted by Gasteiger charge is 2.38. The summed E-state index contributed by atoms with van der Waals surface area (Å²) in [5.41, 5.74) is 1.08. The molecular weight excluding hydrogens is 750 g/mol. The van der Waals surface area contributed by atoms with Gasteiger partial charge in [0, 0.05) is 19.0 Å². The van der Waals surface area contributed by atoms with Crippen LogP contribution in [-0.2, 0) is 44.7 Å². The second kappa shape index (κ2) is 20.5. The third kappa shape index (κ3) is 12.6. The predicted molar refractivity (Wildman–Crippen MR) is 199 cm³/mol. The number of hydrogen-bond donors (Lipinski definition) is 6. The van der Waals surface area contributed by atoms with Crippen LogP contribution in [0.25, 0.3) is 0 Å². The summed E-state index contributed by atoms with van der Waals surface area (Å²) in [5.74, 6) is -9.06. The number of carbonyl (C=O) groups excluding carboxylic acids is 6. The maximum atomic E-state index is 13.8. The van der Waals surface area contributed by atoms with Gasteiger partial charge in [-0.1, -0.05) is 44.5 Å². The second-order valence-corrected chi connectivity index (χ2v) is 13.8. The molecule has 0 aromatic heterocycles. The number of benzene rings is 2. The zero-order valence-corrected chi connectivity index (χ0v) is 31.9. The molecule has 19 nitrogen and oxygen atoms in total. The lowest BCUT2D eigenvalue weighted by Gasteiger charge is -2.30. The number of rotatable bonds is 20. The van der Waals surface area contributed by atoms with Crippen molar-refractivity contribution in [1.29, 1.82) is 0 Å². The third-order valence-corrected chi connectivity index (χ3v) is 9.66. The highest BCUT2D eigenvalue weighted by molar-refractivity contribution is 5.99. The molecule has 2 aromatic carbocycles. The van der Waals surface area contributed by atoms with Gasteiger partial charge in [0.05, 0.1) is 23.3 Å². The molecule has 308 valence electrons. The van der Waals surface area contributed by atoms with Crippen molar-refractivity contribution in [3.63, 3.8) is 0 Å². The molecule has 3 rings (SSSR count). The molecule has 19 heteroatoms. The van der Waals surface area contributed by atoms with Crippen LogP contribution in [0.3, 0.4) is 0 Å². The normalized spacial score (nSPS) is 15.6. The molecule has 6 N–H and O–H groups in total. The van der Waals surface area contributed by atoms with E-state index in [2.05, 4.69) is 16.0 Å². The Kier molecular flexibility index (Phi) is 16.2. The number of nitro benzene ring substituents is 1. The van der Waals surface area contributed by atoms with Crippen molar-refractivity contribution in [1.82, 2.24) is 20.9 Å². The van der Waals surface area contributed by atoms with Gasteiger partial charge in [0.1, 0.15) is 24.2 Å². The summed E-state index contributed by atoms with van der Waals surface area (Å²) in [5, 5.41) is 47.2. The fraction of sp³-hybridized carbons (Fsp3) is 0.474. The van der Waals surface area contributed by atoms with Crippen LogP contribution in [0.4, 0.5) is 5.69 Å². The van der Waals surface area contributed by atoms with E-state index in [1.807, 2.05) is 0 Å². The minimum Gasteiger partial charge on any atom is -0.502 e. The average Bonchev–Trinajstić information content (AvgIpc) is 3.64. The molecule has 0 bridgehead atoms. The number of likely N-dealkylation sites (tertiary alicyclic amines) is 1. The third-order valence-electron chi connectivity index (χ3n) is 9.66. The molecule has 1 heterocycles. The topological polar surface area (TPSA) is 289 Å². The molecule has 0 spiro atoms. The zero-order chi connectivity index (χ0) is 42.6. The first-order valence-corrected chi connectivity index (χ1v) is 18.2. The Bertz CT molecular complexity index is 1880. The van der Waals surface area contributed by atoms with Gasteiger partial charge in [-0.25, -0.2) is 4.79 Å².